The van der Waals surface area contributed by atoms with Gasteiger partial charge in [-0.1, -0.05) is 46.3 Å². The summed E-state index contributed by atoms with van der Waals surface area (Å²) in [5, 5.41) is 6.47. The van der Waals surface area contributed by atoms with Crippen LogP contribution in [0.2, 0.25) is 0 Å². The van der Waals surface area contributed by atoms with Gasteiger partial charge in [0.15, 0.2) is 0 Å². The molecule has 2 aromatic rings. The fourth-order valence-electron chi connectivity index (χ4n) is 2.72. The Kier molecular flexibility index (Phi) is 5.13. The highest BCUT2D eigenvalue weighted by molar-refractivity contribution is 9.10. The lowest BCUT2D eigenvalue weighted by molar-refractivity contribution is -0.118. The molecule has 23 heavy (non-hydrogen) atoms. The Balaban J connectivity index is 1.63. The van der Waals surface area contributed by atoms with Crippen LogP contribution in [0.1, 0.15) is 31.4 Å². The maximum atomic E-state index is 12.4. The predicted molar refractivity (Wildman–Crippen MR) is 97.3 cm³/mol. The fraction of sp³-hybridized carbons (Fsp3) is 0.316. The molecule has 2 unspecified atom stereocenters. The van der Waals surface area contributed by atoms with Crippen molar-refractivity contribution in [1.29, 1.82) is 0 Å². The third kappa shape index (κ3) is 4.43. The first kappa shape index (κ1) is 16.2. The standard InChI is InChI=1S/C19H21BrN2O/c1-13(19(23)22-17-11-9-16(20)10-12-17)21-18(15-7-8-15)14-5-3-2-4-6-14/h2-6,9-13,15,18,21H,7-8H2,1H3,(H,22,23). The van der Waals surface area contributed by atoms with E-state index in [0.717, 1.165) is 10.2 Å². The van der Waals surface area contributed by atoms with Gasteiger partial charge < -0.3 is 5.32 Å². The van der Waals surface area contributed by atoms with Gasteiger partial charge in [0.1, 0.15) is 0 Å². The smallest absolute Gasteiger partial charge is 0.241 e. The van der Waals surface area contributed by atoms with Gasteiger partial charge in [0.25, 0.3) is 0 Å². The van der Waals surface area contributed by atoms with E-state index in [2.05, 4.69) is 50.8 Å². The van der Waals surface area contributed by atoms with E-state index in [9.17, 15) is 4.79 Å². The van der Waals surface area contributed by atoms with E-state index in [1.807, 2.05) is 37.3 Å². The zero-order valence-electron chi connectivity index (χ0n) is 13.1. The molecule has 2 N–H and O–H groups in total. The number of hydrogen-bond donors (Lipinski definition) is 2. The quantitative estimate of drug-likeness (QED) is 0.782. The van der Waals surface area contributed by atoms with Crippen molar-refractivity contribution in [2.24, 2.45) is 5.92 Å². The number of anilines is 1. The number of benzene rings is 2. The minimum atomic E-state index is -0.246. The number of halogens is 1. The van der Waals surface area contributed by atoms with Crippen molar-refractivity contribution in [3.8, 4) is 0 Å². The number of carbonyl (C=O) groups excluding carboxylic acids is 1. The predicted octanol–water partition coefficient (Wildman–Crippen LogP) is 4.52. The molecule has 1 aliphatic carbocycles. The second-order valence-electron chi connectivity index (χ2n) is 6.11. The molecule has 0 heterocycles. The number of amides is 1. The van der Waals surface area contributed by atoms with Crippen LogP contribution in [-0.4, -0.2) is 11.9 Å². The molecule has 1 saturated carbocycles. The summed E-state index contributed by atoms with van der Waals surface area (Å²) in [6.45, 7) is 1.92. The highest BCUT2D eigenvalue weighted by Crippen LogP contribution is 2.41. The van der Waals surface area contributed by atoms with E-state index in [1.54, 1.807) is 0 Å². The largest absolute Gasteiger partial charge is 0.325 e. The zero-order valence-corrected chi connectivity index (χ0v) is 14.7. The molecule has 1 fully saturated rings. The molecule has 0 aromatic heterocycles. The molecule has 3 nitrogen and oxygen atoms in total. The van der Waals surface area contributed by atoms with Gasteiger partial charge >= 0.3 is 0 Å². The van der Waals surface area contributed by atoms with Gasteiger partial charge in [-0.3, -0.25) is 10.1 Å². The molecule has 4 heteroatoms. The first-order valence-electron chi connectivity index (χ1n) is 8.01. The van der Waals surface area contributed by atoms with Crippen molar-refractivity contribution >= 4 is 27.5 Å². The van der Waals surface area contributed by atoms with Crippen LogP contribution in [0.4, 0.5) is 5.69 Å². The van der Waals surface area contributed by atoms with Crippen LogP contribution in [0.25, 0.3) is 0 Å². The van der Waals surface area contributed by atoms with E-state index in [1.165, 1.54) is 18.4 Å². The van der Waals surface area contributed by atoms with Crippen LogP contribution in [0.15, 0.2) is 59.1 Å². The Labute approximate surface area is 145 Å². The van der Waals surface area contributed by atoms with Gasteiger partial charge in [0.2, 0.25) is 5.91 Å². The summed E-state index contributed by atoms with van der Waals surface area (Å²) < 4.78 is 1.000. The summed E-state index contributed by atoms with van der Waals surface area (Å²) in [7, 11) is 0. The minimum absolute atomic E-state index is 0.00564. The molecule has 2 aromatic carbocycles. The summed E-state index contributed by atoms with van der Waals surface area (Å²) in [5.41, 5.74) is 2.08. The van der Waals surface area contributed by atoms with Crippen LogP contribution < -0.4 is 10.6 Å². The maximum absolute atomic E-state index is 12.4. The van der Waals surface area contributed by atoms with Crippen LogP contribution >= 0.6 is 15.9 Å². The summed E-state index contributed by atoms with van der Waals surface area (Å²) >= 11 is 3.40. The molecule has 2 atom stereocenters. The Morgan fingerprint density at radius 3 is 2.35 bits per heavy atom. The van der Waals surface area contributed by atoms with Gasteiger partial charge in [-0.15, -0.1) is 0 Å². The number of nitrogens with one attached hydrogen (secondary N) is 2. The highest BCUT2D eigenvalue weighted by Gasteiger charge is 2.33. The SMILES string of the molecule is CC(NC(c1ccccc1)C1CC1)C(=O)Nc1ccc(Br)cc1. The fourth-order valence-corrected chi connectivity index (χ4v) is 2.99. The third-order valence-corrected chi connectivity index (χ3v) is 4.72. The van der Waals surface area contributed by atoms with Crippen LogP contribution in [-0.2, 0) is 4.79 Å². The van der Waals surface area contributed by atoms with E-state index >= 15 is 0 Å². The molecule has 1 amide bonds. The molecule has 0 spiro atoms. The Bertz CT molecular complexity index is 653. The number of rotatable bonds is 6. The molecule has 0 aliphatic heterocycles. The number of hydrogen-bond acceptors (Lipinski definition) is 2. The summed E-state index contributed by atoms with van der Waals surface area (Å²) in [6.07, 6.45) is 2.46. The molecule has 0 radical (unpaired) electrons. The van der Waals surface area contributed by atoms with Crippen molar-refractivity contribution in [2.75, 3.05) is 5.32 Å². The van der Waals surface area contributed by atoms with Crippen molar-refractivity contribution < 1.29 is 4.79 Å². The lowest BCUT2D eigenvalue weighted by Crippen LogP contribution is -2.40. The lowest BCUT2D eigenvalue weighted by Gasteiger charge is -2.23. The van der Waals surface area contributed by atoms with E-state index in [-0.39, 0.29) is 18.0 Å². The molecule has 1 aliphatic rings. The maximum Gasteiger partial charge on any atom is 0.241 e. The first-order chi connectivity index (χ1) is 11.1. The monoisotopic (exact) mass is 372 g/mol. The lowest BCUT2D eigenvalue weighted by atomic mass is 10.0. The second kappa shape index (κ2) is 7.28. The van der Waals surface area contributed by atoms with Gasteiger partial charge in [-0.2, -0.15) is 0 Å². The van der Waals surface area contributed by atoms with Gasteiger partial charge in [0.05, 0.1) is 6.04 Å². The van der Waals surface area contributed by atoms with Crippen LogP contribution in [0.5, 0.6) is 0 Å². The molecular formula is C19H21BrN2O. The van der Waals surface area contributed by atoms with Crippen molar-refractivity contribution in [3.63, 3.8) is 0 Å². The average molecular weight is 373 g/mol. The first-order valence-corrected chi connectivity index (χ1v) is 8.80. The minimum Gasteiger partial charge on any atom is -0.325 e. The Hall–Kier alpha value is -1.65. The Morgan fingerprint density at radius 2 is 1.74 bits per heavy atom. The van der Waals surface area contributed by atoms with E-state index in [0.29, 0.717) is 5.92 Å². The molecule has 0 bridgehead atoms. The molecule has 0 saturated heterocycles. The van der Waals surface area contributed by atoms with Crippen molar-refractivity contribution in [1.82, 2.24) is 5.32 Å². The Morgan fingerprint density at radius 1 is 1.09 bits per heavy atom. The second-order valence-corrected chi connectivity index (χ2v) is 7.03. The normalized spacial score (nSPS) is 16.6. The van der Waals surface area contributed by atoms with Gasteiger partial charge in [-0.05, 0) is 55.5 Å². The molecular weight excluding hydrogens is 352 g/mol. The summed E-state index contributed by atoms with van der Waals surface area (Å²) in [6, 6.07) is 18.0. The third-order valence-electron chi connectivity index (χ3n) is 4.19. The van der Waals surface area contributed by atoms with Crippen molar-refractivity contribution in [2.45, 2.75) is 31.8 Å². The van der Waals surface area contributed by atoms with Crippen molar-refractivity contribution in [3.05, 3.63) is 64.6 Å². The van der Waals surface area contributed by atoms with Crippen LogP contribution in [0, 0.1) is 5.92 Å². The van der Waals surface area contributed by atoms with E-state index < -0.39 is 0 Å². The number of carbonyl (C=O) groups is 1. The molecule has 3 rings (SSSR count). The highest BCUT2D eigenvalue weighted by atomic mass is 79.9. The zero-order chi connectivity index (χ0) is 16.2. The van der Waals surface area contributed by atoms with Gasteiger partial charge in [-0.25, -0.2) is 0 Å². The van der Waals surface area contributed by atoms with E-state index in [4.69, 9.17) is 0 Å². The molecule has 120 valence electrons. The summed E-state index contributed by atoms with van der Waals surface area (Å²) in [5.74, 6) is 0.634. The van der Waals surface area contributed by atoms with Gasteiger partial charge in [0, 0.05) is 16.2 Å². The topological polar surface area (TPSA) is 41.1 Å². The summed E-state index contributed by atoms with van der Waals surface area (Å²) in [4.78, 5) is 12.4. The average Bonchev–Trinajstić information content (AvgIpc) is 3.40. The van der Waals surface area contributed by atoms with Crippen LogP contribution in [0.3, 0.4) is 0 Å².